The zero-order chi connectivity index (χ0) is 13.6. The molecule has 0 N–H and O–H groups in total. The van der Waals surface area contributed by atoms with Gasteiger partial charge in [0.1, 0.15) is 0 Å². The molecule has 0 aliphatic carbocycles. The van der Waals surface area contributed by atoms with Crippen molar-refractivity contribution in [1.82, 2.24) is 0 Å². The highest BCUT2D eigenvalue weighted by atomic mass is 16.6. The van der Waals surface area contributed by atoms with Gasteiger partial charge in [-0.3, -0.25) is 0 Å². The zero-order valence-corrected chi connectivity index (χ0v) is 12.6. The van der Waals surface area contributed by atoms with Gasteiger partial charge in [-0.1, -0.05) is 37.1 Å². The molecule has 1 fully saturated rings. The van der Waals surface area contributed by atoms with Crippen LogP contribution in [0.25, 0.3) is 0 Å². The third kappa shape index (κ3) is 6.41. The largest absolute Gasteiger partial charge is 0.460 e. The van der Waals surface area contributed by atoms with Gasteiger partial charge in [0.25, 0.3) is 0 Å². The van der Waals surface area contributed by atoms with Crippen LogP contribution in [-0.4, -0.2) is 20.3 Å². The van der Waals surface area contributed by atoms with Crippen LogP contribution < -0.4 is 0 Å². The van der Waals surface area contributed by atoms with Crippen molar-refractivity contribution in [3.63, 3.8) is 0 Å². The highest BCUT2D eigenvalue weighted by Crippen LogP contribution is 2.23. The molecule has 2 nitrogen and oxygen atoms in total. The summed E-state index contributed by atoms with van der Waals surface area (Å²) in [5, 5.41) is 0. The van der Waals surface area contributed by atoms with Gasteiger partial charge in [-0.15, -0.1) is 0 Å². The highest BCUT2D eigenvalue weighted by Gasteiger charge is 2.30. The minimum atomic E-state index is -0.0450. The second-order valence-corrected chi connectivity index (χ2v) is 6.32. The molecule has 0 unspecified atom stereocenters. The Bertz CT molecular complexity index is 304. The average Bonchev–Trinajstić information content (AvgIpc) is 2.27. The SMILES string of the molecule is CC(C)=CCC/C(C)=C/CB1OCC(C)(C)CO1. The van der Waals surface area contributed by atoms with Gasteiger partial charge in [-0.05, 0) is 33.6 Å². The lowest BCUT2D eigenvalue weighted by atomic mass is 9.79. The first-order chi connectivity index (χ1) is 8.39. The Morgan fingerprint density at radius 3 is 2.28 bits per heavy atom. The number of hydrogen-bond acceptors (Lipinski definition) is 2. The molecule has 1 saturated heterocycles. The van der Waals surface area contributed by atoms with Crippen LogP contribution in [0.4, 0.5) is 0 Å². The predicted octanol–water partition coefficient (Wildman–Crippen LogP) is 4.24. The van der Waals surface area contributed by atoms with Crippen LogP contribution in [0.5, 0.6) is 0 Å². The number of hydrogen-bond donors (Lipinski definition) is 0. The van der Waals surface area contributed by atoms with Crippen molar-refractivity contribution in [2.24, 2.45) is 5.41 Å². The maximum atomic E-state index is 5.71. The summed E-state index contributed by atoms with van der Waals surface area (Å²) in [6.45, 7) is 12.4. The first-order valence-corrected chi connectivity index (χ1v) is 6.91. The molecule has 0 amide bonds. The molecule has 0 spiro atoms. The quantitative estimate of drug-likeness (QED) is 0.536. The van der Waals surface area contributed by atoms with Gasteiger partial charge in [0.2, 0.25) is 0 Å². The summed E-state index contributed by atoms with van der Waals surface area (Å²) in [6.07, 6.45) is 7.67. The fourth-order valence-electron chi connectivity index (χ4n) is 1.85. The van der Waals surface area contributed by atoms with Crippen LogP contribution in [-0.2, 0) is 9.31 Å². The van der Waals surface area contributed by atoms with Crippen LogP contribution in [0.2, 0.25) is 6.32 Å². The Morgan fingerprint density at radius 2 is 1.72 bits per heavy atom. The number of rotatable bonds is 5. The smallest absolute Gasteiger partial charge is 0.410 e. The molecule has 0 aromatic carbocycles. The molecule has 18 heavy (non-hydrogen) atoms. The molecule has 1 aliphatic heterocycles. The van der Waals surface area contributed by atoms with Crippen LogP contribution in [0, 0.1) is 5.41 Å². The van der Waals surface area contributed by atoms with Crippen LogP contribution in [0.3, 0.4) is 0 Å². The van der Waals surface area contributed by atoms with Crippen molar-refractivity contribution in [1.29, 1.82) is 0 Å². The van der Waals surface area contributed by atoms with Crippen molar-refractivity contribution < 1.29 is 9.31 Å². The van der Waals surface area contributed by atoms with Crippen molar-refractivity contribution in [3.05, 3.63) is 23.3 Å². The highest BCUT2D eigenvalue weighted by molar-refractivity contribution is 6.45. The van der Waals surface area contributed by atoms with E-state index in [0.717, 1.165) is 32.4 Å². The van der Waals surface area contributed by atoms with Crippen molar-refractivity contribution in [3.8, 4) is 0 Å². The third-order valence-electron chi connectivity index (χ3n) is 3.07. The summed E-state index contributed by atoms with van der Waals surface area (Å²) in [7, 11) is -0.0450. The normalized spacial score (nSPS) is 19.8. The first kappa shape index (κ1) is 15.5. The topological polar surface area (TPSA) is 18.5 Å². The molecule has 0 aromatic rings. The molecule has 1 rings (SSSR count). The number of allylic oxidation sites excluding steroid dienone is 4. The molecule has 0 bridgehead atoms. The van der Waals surface area contributed by atoms with E-state index < -0.39 is 0 Å². The minimum absolute atomic E-state index is 0.0450. The van der Waals surface area contributed by atoms with E-state index in [-0.39, 0.29) is 12.5 Å². The van der Waals surface area contributed by atoms with Crippen LogP contribution in [0.15, 0.2) is 23.3 Å². The summed E-state index contributed by atoms with van der Waals surface area (Å²) < 4.78 is 11.4. The summed E-state index contributed by atoms with van der Waals surface area (Å²) in [5.41, 5.74) is 2.98. The van der Waals surface area contributed by atoms with E-state index in [1.807, 2.05) is 0 Å². The van der Waals surface area contributed by atoms with E-state index in [4.69, 9.17) is 9.31 Å². The van der Waals surface area contributed by atoms with E-state index in [1.165, 1.54) is 11.1 Å². The van der Waals surface area contributed by atoms with Gasteiger partial charge >= 0.3 is 7.12 Å². The van der Waals surface area contributed by atoms with Gasteiger partial charge in [0.05, 0.1) is 0 Å². The Kier molecular flexibility index (Phi) is 6.17. The van der Waals surface area contributed by atoms with Gasteiger partial charge < -0.3 is 9.31 Å². The molecule has 1 aliphatic rings. The Hall–Kier alpha value is -0.535. The van der Waals surface area contributed by atoms with Crippen LogP contribution in [0.1, 0.15) is 47.5 Å². The fraction of sp³-hybridized carbons (Fsp3) is 0.733. The second-order valence-electron chi connectivity index (χ2n) is 6.32. The molecular formula is C15H27BO2. The summed E-state index contributed by atoms with van der Waals surface area (Å²) in [6, 6.07) is 0. The Morgan fingerprint density at radius 1 is 1.11 bits per heavy atom. The Balaban J connectivity index is 2.25. The molecule has 0 saturated carbocycles. The fourth-order valence-corrected chi connectivity index (χ4v) is 1.85. The lowest BCUT2D eigenvalue weighted by Crippen LogP contribution is -2.40. The van der Waals surface area contributed by atoms with Crippen molar-refractivity contribution >= 4 is 7.12 Å². The van der Waals surface area contributed by atoms with Gasteiger partial charge in [0.15, 0.2) is 0 Å². The van der Waals surface area contributed by atoms with E-state index in [2.05, 4.69) is 46.8 Å². The molecule has 0 aromatic heterocycles. The second kappa shape index (κ2) is 7.15. The van der Waals surface area contributed by atoms with Crippen molar-refractivity contribution in [2.75, 3.05) is 13.2 Å². The molecule has 1 heterocycles. The van der Waals surface area contributed by atoms with E-state index >= 15 is 0 Å². The summed E-state index contributed by atoms with van der Waals surface area (Å²) in [5.74, 6) is 0. The average molecular weight is 250 g/mol. The zero-order valence-electron chi connectivity index (χ0n) is 12.6. The molecule has 0 radical (unpaired) electrons. The van der Waals surface area contributed by atoms with Gasteiger partial charge in [-0.25, -0.2) is 0 Å². The van der Waals surface area contributed by atoms with E-state index in [1.54, 1.807) is 0 Å². The summed E-state index contributed by atoms with van der Waals surface area (Å²) >= 11 is 0. The maximum Gasteiger partial charge on any atom is 0.460 e. The first-order valence-electron chi connectivity index (χ1n) is 6.91. The third-order valence-corrected chi connectivity index (χ3v) is 3.07. The predicted molar refractivity (Wildman–Crippen MR) is 78.7 cm³/mol. The minimum Gasteiger partial charge on any atom is -0.410 e. The molecular weight excluding hydrogens is 223 g/mol. The molecule has 0 atom stereocenters. The summed E-state index contributed by atoms with van der Waals surface area (Å²) in [4.78, 5) is 0. The Labute approximate surface area is 113 Å². The lowest BCUT2D eigenvalue weighted by Gasteiger charge is -2.32. The standard InChI is InChI=1S/C15H27BO2/c1-13(2)7-6-8-14(3)9-10-16-17-11-15(4,5)12-18-16/h7,9H,6,8,10-12H2,1-5H3/b14-9+. The van der Waals surface area contributed by atoms with E-state index in [9.17, 15) is 0 Å². The van der Waals surface area contributed by atoms with Gasteiger partial charge in [-0.2, -0.15) is 0 Å². The lowest BCUT2D eigenvalue weighted by molar-refractivity contribution is 0.0294. The van der Waals surface area contributed by atoms with E-state index in [0.29, 0.717) is 0 Å². The molecule has 102 valence electrons. The molecule has 3 heteroatoms. The maximum absolute atomic E-state index is 5.71. The van der Waals surface area contributed by atoms with Crippen molar-refractivity contribution in [2.45, 2.75) is 53.8 Å². The monoisotopic (exact) mass is 250 g/mol. The van der Waals surface area contributed by atoms with Gasteiger partial charge in [0, 0.05) is 24.9 Å². The van der Waals surface area contributed by atoms with Crippen LogP contribution >= 0.6 is 0 Å².